The minimum atomic E-state index is 0.421. The summed E-state index contributed by atoms with van der Waals surface area (Å²) in [5.74, 6) is 0.546. The fourth-order valence-corrected chi connectivity index (χ4v) is 3.29. The molecule has 1 aliphatic rings. The summed E-state index contributed by atoms with van der Waals surface area (Å²) in [6.07, 6.45) is 1.13. The molecule has 0 aliphatic carbocycles. The number of anilines is 1. The SMILES string of the molecule is NC(=S)c1ccc(Cl)cc1N1CCC(c2ccccc2)C1. The number of thiocarbonyl (C=S) groups is 1. The van der Waals surface area contributed by atoms with Gasteiger partial charge in [-0.05, 0) is 30.2 Å². The average molecular weight is 317 g/mol. The molecule has 4 heteroatoms. The summed E-state index contributed by atoms with van der Waals surface area (Å²) in [7, 11) is 0. The van der Waals surface area contributed by atoms with Crippen LogP contribution in [0.5, 0.6) is 0 Å². The van der Waals surface area contributed by atoms with Crippen LogP contribution in [-0.2, 0) is 0 Å². The molecule has 0 radical (unpaired) electrons. The maximum Gasteiger partial charge on any atom is 0.106 e. The molecule has 0 saturated carbocycles. The zero-order chi connectivity index (χ0) is 14.8. The molecule has 3 rings (SSSR count). The van der Waals surface area contributed by atoms with Crippen LogP contribution < -0.4 is 10.6 Å². The average Bonchev–Trinajstić information content (AvgIpc) is 2.97. The molecule has 0 amide bonds. The molecule has 0 aromatic heterocycles. The fraction of sp³-hybridized carbons (Fsp3) is 0.235. The van der Waals surface area contributed by atoms with Gasteiger partial charge in [-0.25, -0.2) is 0 Å². The second-order valence-corrected chi connectivity index (χ2v) is 6.24. The Labute approximate surface area is 135 Å². The molecule has 2 aromatic rings. The molecule has 1 heterocycles. The van der Waals surface area contributed by atoms with E-state index in [0.717, 1.165) is 30.8 Å². The van der Waals surface area contributed by atoms with Gasteiger partial charge in [0.2, 0.25) is 0 Å². The van der Waals surface area contributed by atoms with Crippen LogP contribution in [0, 0.1) is 0 Å². The summed E-state index contributed by atoms with van der Waals surface area (Å²) in [6, 6.07) is 16.3. The zero-order valence-electron chi connectivity index (χ0n) is 11.6. The molecule has 108 valence electrons. The van der Waals surface area contributed by atoms with Gasteiger partial charge >= 0.3 is 0 Å². The molecule has 1 fully saturated rings. The van der Waals surface area contributed by atoms with E-state index in [1.807, 2.05) is 18.2 Å². The Morgan fingerprint density at radius 3 is 2.67 bits per heavy atom. The monoisotopic (exact) mass is 316 g/mol. The maximum absolute atomic E-state index is 6.14. The lowest BCUT2D eigenvalue weighted by Crippen LogP contribution is -2.23. The predicted molar refractivity (Wildman–Crippen MR) is 93.4 cm³/mol. The lowest BCUT2D eigenvalue weighted by molar-refractivity contribution is 0.775. The number of rotatable bonds is 3. The molecule has 21 heavy (non-hydrogen) atoms. The first kappa shape index (κ1) is 14.4. The van der Waals surface area contributed by atoms with Crippen molar-refractivity contribution in [3.8, 4) is 0 Å². The van der Waals surface area contributed by atoms with E-state index in [1.165, 1.54) is 5.56 Å². The van der Waals surface area contributed by atoms with Crippen LogP contribution in [0.2, 0.25) is 5.02 Å². The van der Waals surface area contributed by atoms with Crippen molar-refractivity contribution in [2.45, 2.75) is 12.3 Å². The predicted octanol–water partition coefficient (Wildman–Crippen LogP) is 3.97. The number of nitrogens with two attached hydrogens (primary N) is 1. The summed E-state index contributed by atoms with van der Waals surface area (Å²) in [6.45, 7) is 1.97. The van der Waals surface area contributed by atoms with Gasteiger partial charge in [-0.3, -0.25) is 0 Å². The van der Waals surface area contributed by atoms with Crippen LogP contribution in [-0.4, -0.2) is 18.1 Å². The van der Waals surface area contributed by atoms with E-state index >= 15 is 0 Å². The highest BCUT2D eigenvalue weighted by Gasteiger charge is 2.25. The Bertz CT molecular complexity index is 657. The van der Waals surface area contributed by atoms with Gasteiger partial charge in [-0.15, -0.1) is 0 Å². The number of hydrogen-bond acceptors (Lipinski definition) is 2. The first-order chi connectivity index (χ1) is 10.1. The van der Waals surface area contributed by atoms with Crippen molar-refractivity contribution in [3.05, 3.63) is 64.7 Å². The summed E-state index contributed by atoms with van der Waals surface area (Å²) in [5, 5.41) is 0.716. The van der Waals surface area contributed by atoms with Crippen molar-refractivity contribution in [1.29, 1.82) is 0 Å². The number of hydrogen-bond donors (Lipinski definition) is 1. The van der Waals surface area contributed by atoms with Crippen molar-refractivity contribution in [2.24, 2.45) is 5.73 Å². The third-order valence-corrected chi connectivity index (χ3v) is 4.48. The van der Waals surface area contributed by atoms with Gasteiger partial charge in [-0.1, -0.05) is 54.2 Å². The molecule has 0 bridgehead atoms. The summed E-state index contributed by atoms with van der Waals surface area (Å²) in [5.41, 5.74) is 9.18. The van der Waals surface area contributed by atoms with Crippen molar-refractivity contribution >= 4 is 34.5 Å². The van der Waals surface area contributed by atoms with E-state index in [1.54, 1.807) is 0 Å². The normalized spacial score (nSPS) is 18.0. The topological polar surface area (TPSA) is 29.3 Å². The Morgan fingerprint density at radius 2 is 1.95 bits per heavy atom. The largest absolute Gasteiger partial charge is 0.389 e. The first-order valence-electron chi connectivity index (χ1n) is 7.04. The van der Waals surface area contributed by atoms with Gasteiger partial charge in [0.05, 0.1) is 0 Å². The lowest BCUT2D eigenvalue weighted by atomic mass is 9.99. The van der Waals surface area contributed by atoms with Gasteiger partial charge in [0.25, 0.3) is 0 Å². The van der Waals surface area contributed by atoms with Crippen LogP contribution in [0.1, 0.15) is 23.5 Å². The number of benzene rings is 2. The van der Waals surface area contributed by atoms with Crippen LogP contribution in [0.25, 0.3) is 0 Å². The van der Waals surface area contributed by atoms with E-state index < -0.39 is 0 Å². The van der Waals surface area contributed by atoms with Crippen molar-refractivity contribution in [1.82, 2.24) is 0 Å². The summed E-state index contributed by atoms with van der Waals surface area (Å²) >= 11 is 11.3. The molecular formula is C17H17ClN2S. The Kier molecular flexibility index (Phi) is 4.13. The zero-order valence-corrected chi connectivity index (χ0v) is 13.2. The van der Waals surface area contributed by atoms with E-state index in [4.69, 9.17) is 29.6 Å². The van der Waals surface area contributed by atoms with Crippen molar-refractivity contribution < 1.29 is 0 Å². The molecule has 1 atom stereocenters. The summed E-state index contributed by atoms with van der Waals surface area (Å²) < 4.78 is 0. The fourth-order valence-electron chi connectivity index (χ4n) is 2.95. The minimum absolute atomic E-state index is 0.421. The van der Waals surface area contributed by atoms with E-state index in [9.17, 15) is 0 Å². The van der Waals surface area contributed by atoms with Crippen LogP contribution in [0.15, 0.2) is 48.5 Å². The number of nitrogens with zero attached hydrogens (tertiary/aromatic N) is 1. The highest BCUT2D eigenvalue weighted by Crippen LogP contribution is 2.33. The second kappa shape index (κ2) is 6.04. The third kappa shape index (κ3) is 3.04. The van der Waals surface area contributed by atoms with Crippen LogP contribution in [0.4, 0.5) is 5.69 Å². The highest BCUT2D eigenvalue weighted by atomic mass is 35.5. The van der Waals surface area contributed by atoms with E-state index in [0.29, 0.717) is 15.9 Å². The third-order valence-electron chi connectivity index (χ3n) is 4.03. The molecule has 2 N–H and O–H groups in total. The maximum atomic E-state index is 6.14. The minimum Gasteiger partial charge on any atom is -0.389 e. The van der Waals surface area contributed by atoms with Gasteiger partial charge in [0.15, 0.2) is 0 Å². The van der Waals surface area contributed by atoms with Gasteiger partial charge < -0.3 is 10.6 Å². The van der Waals surface area contributed by atoms with Gasteiger partial charge in [0.1, 0.15) is 4.99 Å². The Morgan fingerprint density at radius 1 is 1.19 bits per heavy atom. The van der Waals surface area contributed by atoms with Crippen molar-refractivity contribution in [2.75, 3.05) is 18.0 Å². The highest BCUT2D eigenvalue weighted by molar-refractivity contribution is 7.80. The molecule has 2 aromatic carbocycles. The second-order valence-electron chi connectivity index (χ2n) is 5.37. The van der Waals surface area contributed by atoms with Crippen molar-refractivity contribution in [3.63, 3.8) is 0 Å². The molecule has 0 spiro atoms. The molecule has 1 saturated heterocycles. The Hall–Kier alpha value is -1.58. The standard InChI is InChI=1S/C17H17ClN2S/c18-14-6-7-15(17(19)21)16(10-14)20-9-8-13(11-20)12-4-2-1-3-5-12/h1-7,10,13H,8-9,11H2,(H2,19,21). The molecule has 2 nitrogen and oxygen atoms in total. The smallest absolute Gasteiger partial charge is 0.106 e. The molecular weight excluding hydrogens is 300 g/mol. The number of halogens is 1. The van der Waals surface area contributed by atoms with E-state index in [-0.39, 0.29) is 0 Å². The lowest BCUT2D eigenvalue weighted by Gasteiger charge is -2.22. The van der Waals surface area contributed by atoms with Gasteiger partial charge in [0, 0.05) is 35.3 Å². The molecule has 1 aliphatic heterocycles. The van der Waals surface area contributed by atoms with Crippen LogP contribution >= 0.6 is 23.8 Å². The van der Waals surface area contributed by atoms with Gasteiger partial charge in [-0.2, -0.15) is 0 Å². The van der Waals surface area contributed by atoms with Crippen LogP contribution in [0.3, 0.4) is 0 Å². The quantitative estimate of drug-likeness (QED) is 0.869. The Balaban J connectivity index is 1.86. The summed E-state index contributed by atoms with van der Waals surface area (Å²) in [4.78, 5) is 2.75. The van der Waals surface area contributed by atoms with E-state index in [2.05, 4.69) is 35.2 Å². The first-order valence-corrected chi connectivity index (χ1v) is 7.83. The molecule has 1 unspecified atom stereocenters.